The standard InChI is InChI=1S/C24H25FN2O4S/c1-3-31-23-14-13-21(15-17(23)2)32(29,30)27-22(16-18-7-5-4-6-8-18)24(28)26-20-11-9-19(25)10-12-20/h4-15,22,27H,3,16H2,1-2H3,(H,26,28)/t22-/m0/s1. The first-order chi connectivity index (χ1) is 15.3. The van der Waals surface area contributed by atoms with E-state index in [0.29, 0.717) is 23.6 Å². The van der Waals surface area contributed by atoms with Crippen molar-refractivity contribution >= 4 is 21.6 Å². The fourth-order valence-electron chi connectivity index (χ4n) is 3.16. The molecule has 0 aliphatic carbocycles. The summed E-state index contributed by atoms with van der Waals surface area (Å²) in [5.74, 6) is -0.386. The summed E-state index contributed by atoms with van der Waals surface area (Å²) in [6.45, 7) is 4.07. The van der Waals surface area contributed by atoms with Crippen molar-refractivity contribution in [3.05, 3.63) is 89.7 Å². The summed E-state index contributed by atoms with van der Waals surface area (Å²) < 4.78 is 47.3. The van der Waals surface area contributed by atoms with E-state index >= 15 is 0 Å². The summed E-state index contributed by atoms with van der Waals surface area (Å²) >= 11 is 0. The van der Waals surface area contributed by atoms with Crippen LogP contribution in [0.2, 0.25) is 0 Å². The van der Waals surface area contributed by atoms with Crippen molar-refractivity contribution in [1.82, 2.24) is 4.72 Å². The van der Waals surface area contributed by atoms with Crippen LogP contribution in [0.5, 0.6) is 5.75 Å². The molecule has 1 amide bonds. The second kappa shape index (κ2) is 10.4. The van der Waals surface area contributed by atoms with Gasteiger partial charge in [-0.3, -0.25) is 4.79 Å². The van der Waals surface area contributed by atoms with E-state index in [2.05, 4.69) is 10.0 Å². The number of anilines is 1. The van der Waals surface area contributed by atoms with Crippen molar-refractivity contribution in [1.29, 1.82) is 0 Å². The van der Waals surface area contributed by atoms with Gasteiger partial charge in [-0.2, -0.15) is 4.72 Å². The van der Waals surface area contributed by atoms with Gasteiger partial charge in [-0.1, -0.05) is 30.3 Å². The maximum atomic E-state index is 13.2. The van der Waals surface area contributed by atoms with E-state index in [1.165, 1.54) is 36.4 Å². The van der Waals surface area contributed by atoms with Gasteiger partial charge in [-0.15, -0.1) is 0 Å². The van der Waals surface area contributed by atoms with Crippen molar-refractivity contribution in [2.24, 2.45) is 0 Å². The van der Waals surface area contributed by atoms with E-state index < -0.39 is 27.8 Å². The summed E-state index contributed by atoms with van der Waals surface area (Å²) in [6.07, 6.45) is 0.142. The highest BCUT2D eigenvalue weighted by atomic mass is 32.2. The number of nitrogens with one attached hydrogen (secondary N) is 2. The number of carbonyl (C=O) groups excluding carboxylic acids is 1. The maximum absolute atomic E-state index is 13.2. The lowest BCUT2D eigenvalue weighted by Crippen LogP contribution is -2.45. The minimum atomic E-state index is -4.00. The van der Waals surface area contributed by atoms with Gasteiger partial charge in [0.1, 0.15) is 17.6 Å². The molecule has 1 atom stereocenters. The molecule has 0 saturated carbocycles. The highest BCUT2D eigenvalue weighted by molar-refractivity contribution is 7.89. The van der Waals surface area contributed by atoms with Crippen LogP contribution in [0, 0.1) is 12.7 Å². The third-order valence-corrected chi connectivity index (χ3v) is 6.23. The van der Waals surface area contributed by atoms with Crippen molar-refractivity contribution in [2.45, 2.75) is 31.2 Å². The van der Waals surface area contributed by atoms with E-state index in [0.717, 1.165) is 5.56 Å². The number of ether oxygens (including phenoxy) is 1. The molecule has 3 aromatic rings. The molecule has 0 bridgehead atoms. The van der Waals surface area contributed by atoms with Gasteiger partial charge in [0.05, 0.1) is 11.5 Å². The number of hydrogen-bond donors (Lipinski definition) is 2. The number of sulfonamides is 1. The minimum absolute atomic E-state index is 0.0334. The van der Waals surface area contributed by atoms with Crippen molar-refractivity contribution in [3.63, 3.8) is 0 Å². The molecule has 8 heteroatoms. The lowest BCUT2D eigenvalue weighted by atomic mass is 10.1. The third kappa shape index (κ3) is 6.15. The Hall–Kier alpha value is -3.23. The zero-order valence-electron chi connectivity index (χ0n) is 17.8. The summed E-state index contributed by atoms with van der Waals surface area (Å²) in [4.78, 5) is 13.0. The number of halogens is 1. The molecule has 0 spiro atoms. The van der Waals surface area contributed by atoms with Gasteiger partial charge in [-0.25, -0.2) is 12.8 Å². The highest BCUT2D eigenvalue weighted by Gasteiger charge is 2.26. The molecule has 0 unspecified atom stereocenters. The summed E-state index contributed by atoms with van der Waals surface area (Å²) in [7, 11) is -4.00. The van der Waals surface area contributed by atoms with E-state index in [4.69, 9.17) is 4.74 Å². The first-order valence-corrected chi connectivity index (χ1v) is 11.6. The molecule has 3 rings (SSSR count). The fourth-order valence-corrected chi connectivity index (χ4v) is 4.44. The molecule has 0 aromatic heterocycles. The van der Waals surface area contributed by atoms with Crippen LogP contribution in [-0.4, -0.2) is 27.0 Å². The molecule has 0 saturated heterocycles. The Labute approximate surface area is 187 Å². The smallest absolute Gasteiger partial charge is 0.242 e. The molecule has 0 heterocycles. The van der Waals surface area contributed by atoms with Crippen LogP contribution in [0.3, 0.4) is 0 Å². The molecule has 0 aliphatic rings. The van der Waals surface area contributed by atoms with Crippen LogP contribution in [-0.2, 0) is 21.2 Å². The van der Waals surface area contributed by atoms with Gasteiger partial charge in [0.15, 0.2) is 0 Å². The average Bonchev–Trinajstić information content (AvgIpc) is 2.77. The second-order valence-corrected chi connectivity index (χ2v) is 8.93. The zero-order chi connectivity index (χ0) is 23.1. The van der Waals surface area contributed by atoms with Crippen molar-refractivity contribution in [3.8, 4) is 5.75 Å². The molecular weight excluding hydrogens is 431 g/mol. The van der Waals surface area contributed by atoms with Gasteiger partial charge in [0.2, 0.25) is 15.9 Å². The lowest BCUT2D eigenvalue weighted by molar-refractivity contribution is -0.117. The molecule has 6 nitrogen and oxygen atoms in total. The number of benzene rings is 3. The van der Waals surface area contributed by atoms with Gasteiger partial charge in [0, 0.05) is 5.69 Å². The Morgan fingerprint density at radius 3 is 2.34 bits per heavy atom. The molecule has 0 fully saturated rings. The van der Waals surface area contributed by atoms with E-state index in [1.807, 2.05) is 37.3 Å². The predicted octanol–water partition coefficient (Wildman–Crippen LogP) is 4.06. The van der Waals surface area contributed by atoms with Gasteiger partial charge in [0.25, 0.3) is 0 Å². The zero-order valence-corrected chi connectivity index (χ0v) is 18.7. The van der Waals surface area contributed by atoms with E-state index in [-0.39, 0.29) is 11.3 Å². The lowest BCUT2D eigenvalue weighted by Gasteiger charge is -2.19. The molecule has 3 aromatic carbocycles. The number of rotatable bonds is 9. The SMILES string of the molecule is CCOc1ccc(S(=O)(=O)N[C@@H](Cc2ccccc2)C(=O)Nc2ccc(F)cc2)cc1C. The van der Waals surface area contributed by atoms with Crippen LogP contribution in [0.25, 0.3) is 0 Å². The van der Waals surface area contributed by atoms with Gasteiger partial charge in [-0.05, 0) is 73.9 Å². The van der Waals surface area contributed by atoms with Crippen LogP contribution in [0.15, 0.2) is 77.7 Å². The first kappa shape index (κ1) is 23.4. The maximum Gasteiger partial charge on any atom is 0.242 e. The Bertz CT molecular complexity index is 1170. The number of aryl methyl sites for hydroxylation is 1. The number of hydrogen-bond acceptors (Lipinski definition) is 4. The molecule has 168 valence electrons. The van der Waals surface area contributed by atoms with Crippen LogP contribution < -0.4 is 14.8 Å². The topological polar surface area (TPSA) is 84.5 Å². The van der Waals surface area contributed by atoms with Crippen molar-refractivity contribution in [2.75, 3.05) is 11.9 Å². The van der Waals surface area contributed by atoms with Crippen LogP contribution >= 0.6 is 0 Å². The Morgan fingerprint density at radius 2 is 1.72 bits per heavy atom. The Kier molecular flexibility index (Phi) is 7.61. The molecule has 0 aliphatic heterocycles. The summed E-state index contributed by atoms with van der Waals surface area (Å²) in [6, 6.07) is 17.8. The van der Waals surface area contributed by atoms with Gasteiger partial charge < -0.3 is 10.1 Å². The molecule has 0 radical (unpaired) electrons. The quantitative estimate of drug-likeness (QED) is 0.509. The molecule has 2 N–H and O–H groups in total. The molecule has 32 heavy (non-hydrogen) atoms. The summed E-state index contributed by atoms with van der Waals surface area (Å²) in [5, 5.41) is 2.65. The predicted molar refractivity (Wildman–Crippen MR) is 122 cm³/mol. The number of carbonyl (C=O) groups is 1. The minimum Gasteiger partial charge on any atom is -0.494 e. The normalized spacial score (nSPS) is 12.2. The van der Waals surface area contributed by atoms with Gasteiger partial charge >= 0.3 is 0 Å². The summed E-state index contributed by atoms with van der Waals surface area (Å²) in [5.41, 5.74) is 1.83. The van der Waals surface area contributed by atoms with Crippen LogP contribution in [0.1, 0.15) is 18.1 Å². The Morgan fingerprint density at radius 1 is 1.03 bits per heavy atom. The second-order valence-electron chi connectivity index (χ2n) is 7.22. The van der Waals surface area contributed by atoms with E-state index in [1.54, 1.807) is 13.0 Å². The monoisotopic (exact) mass is 456 g/mol. The average molecular weight is 457 g/mol. The highest BCUT2D eigenvalue weighted by Crippen LogP contribution is 2.22. The van der Waals surface area contributed by atoms with Crippen LogP contribution in [0.4, 0.5) is 10.1 Å². The third-order valence-electron chi connectivity index (χ3n) is 4.76. The Balaban J connectivity index is 1.86. The molecular formula is C24H25FN2O4S. The van der Waals surface area contributed by atoms with E-state index in [9.17, 15) is 17.6 Å². The largest absolute Gasteiger partial charge is 0.494 e. The fraction of sp³-hybridized carbons (Fsp3) is 0.208. The number of amides is 1. The first-order valence-electron chi connectivity index (χ1n) is 10.1. The van der Waals surface area contributed by atoms with Crippen molar-refractivity contribution < 1.29 is 22.3 Å².